The highest BCUT2D eigenvalue weighted by Crippen LogP contribution is 2.30. The van der Waals surface area contributed by atoms with Crippen LogP contribution in [0.25, 0.3) is 5.69 Å². The molecule has 0 amide bonds. The first-order valence-electron chi connectivity index (χ1n) is 7.15. The molecule has 3 heterocycles. The molecule has 1 unspecified atom stereocenters. The first-order chi connectivity index (χ1) is 10.4. The van der Waals surface area contributed by atoms with E-state index in [1.165, 1.54) is 16.0 Å². The normalized spacial score (nSPS) is 17.6. The second-order valence-corrected chi connectivity index (χ2v) is 6.20. The lowest BCUT2D eigenvalue weighted by Crippen LogP contribution is -2.29. The van der Waals surface area contributed by atoms with E-state index in [1.807, 2.05) is 11.3 Å². The smallest absolute Gasteiger partial charge is 0.0856 e. The molecule has 3 aromatic rings. The highest BCUT2D eigenvalue weighted by Gasteiger charge is 2.20. The van der Waals surface area contributed by atoms with E-state index in [9.17, 15) is 0 Å². The van der Waals surface area contributed by atoms with Crippen molar-refractivity contribution in [2.45, 2.75) is 18.9 Å². The fourth-order valence-corrected chi connectivity index (χ4v) is 3.88. The molecule has 1 aromatic carbocycles. The molecule has 0 aliphatic carbocycles. The van der Waals surface area contributed by atoms with Crippen molar-refractivity contribution in [3.63, 3.8) is 0 Å². The van der Waals surface area contributed by atoms with Gasteiger partial charge in [0.15, 0.2) is 0 Å². The van der Waals surface area contributed by atoms with Crippen molar-refractivity contribution in [3.8, 4) is 5.69 Å². The van der Waals surface area contributed by atoms with Crippen LogP contribution in [0.2, 0.25) is 0 Å². The van der Waals surface area contributed by atoms with Crippen LogP contribution in [-0.4, -0.2) is 21.5 Å². The lowest BCUT2D eigenvalue weighted by atomic mass is 9.98. The quantitative estimate of drug-likeness (QED) is 0.808. The third-order valence-electron chi connectivity index (χ3n) is 3.91. The summed E-state index contributed by atoms with van der Waals surface area (Å²) in [6.07, 6.45) is 5.57. The molecule has 0 saturated carbocycles. The molecule has 1 N–H and O–H groups in total. The Kier molecular flexibility index (Phi) is 3.29. The summed E-state index contributed by atoms with van der Waals surface area (Å²) in [5, 5.41) is 14.1. The standard InChI is InChI=1S/C16H16N4S/c1-3-14(20-18-8-9-19-20)4-2-12(1)11-15-16-13(5-7-17-15)6-10-21-16/h1-4,6,8-10,15,17H,5,7,11H2. The maximum atomic E-state index is 4.15. The zero-order chi connectivity index (χ0) is 14.1. The maximum Gasteiger partial charge on any atom is 0.0856 e. The Morgan fingerprint density at radius 3 is 2.76 bits per heavy atom. The summed E-state index contributed by atoms with van der Waals surface area (Å²) in [5.41, 5.74) is 3.85. The molecule has 106 valence electrons. The monoisotopic (exact) mass is 296 g/mol. The lowest BCUT2D eigenvalue weighted by Gasteiger charge is -2.24. The molecule has 2 aromatic heterocycles. The number of thiophene rings is 1. The van der Waals surface area contributed by atoms with Crippen LogP contribution in [0.15, 0.2) is 48.1 Å². The van der Waals surface area contributed by atoms with E-state index >= 15 is 0 Å². The Bertz CT molecular complexity index is 715. The molecule has 4 rings (SSSR count). The van der Waals surface area contributed by atoms with Crippen molar-refractivity contribution in [3.05, 3.63) is 64.1 Å². The van der Waals surface area contributed by atoms with E-state index in [-0.39, 0.29) is 0 Å². The van der Waals surface area contributed by atoms with E-state index in [2.05, 4.69) is 51.2 Å². The molecule has 1 aliphatic rings. The van der Waals surface area contributed by atoms with Crippen LogP contribution in [0.1, 0.15) is 22.0 Å². The Morgan fingerprint density at radius 2 is 1.95 bits per heavy atom. The van der Waals surface area contributed by atoms with Crippen molar-refractivity contribution in [2.24, 2.45) is 0 Å². The lowest BCUT2D eigenvalue weighted by molar-refractivity contribution is 0.512. The Hall–Kier alpha value is -1.98. The van der Waals surface area contributed by atoms with Gasteiger partial charge in [0.2, 0.25) is 0 Å². The van der Waals surface area contributed by atoms with Gasteiger partial charge in [0, 0.05) is 10.9 Å². The van der Waals surface area contributed by atoms with E-state index in [0.717, 1.165) is 25.1 Å². The third-order valence-corrected chi connectivity index (χ3v) is 4.98. The number of benzene rings is 1. The molecule has 0 spiro atoms. The van der Waals surface area contributed by atoms with Gasteiger partial charge in [0.1, 0.15) is 0 Å². The van der Waals surface area contributed by atoms with E-state index in [0.29, 0.717) is 6.04 Å². The molecule has 0 fully saturated rings. The molecule has 0 bridgehead atoms. The molecular formula is C16H16N4S. The molecule has 1 aliphatic heterocycles. The first kappa shape index (κ1) is 12.7. The molecule has 4 nitrogen and oxygen atoms in total. The number of nitrogens with one attached hydrogen (secondary N) is 1. The van der Waals surface area contributed by atoms with Crippen molar-refractivity contribution < 1.29 is 0 Å². The van der Waals surface area contributed by atoms with E-state index in [1.54, 1.807) is 17.2 Å². The summed E-state index contributed by atoms with van der Waals surface area (Å²) in [7, 11) is 0. The summed E-state index contributed by atoms with van der Waals surface area (Å²) in [6, 6.07) is 11.2. The fraction of sp³-hybridized carbons (Fsp3) is 0.250. The predicted molar refractivity (Wildman–Crippen MR) is 83.8 cm³/mol. The second kappa shape index (κ2) is 5.42. The van der Waals surface area contributed by atoms with Gasteiger partial charge in [-0.3, -0.25) is 0 Å². The van der Waals surface area contributed by atoms with Gasteiger partial charge in [-0.2, -0.15) is 15.0 Å². The van der Waals surface area contributed by atoms with Crippen molar-refractivity contribution >= 4 is 11.3 Å². The van der Waals surface area contributed by atoms with Crippen LogP contribution in [0.4, 0.5) is 0 Å². The van der Waals surface area contributed by atoms with Crippen molar-refractivity contribution in [1.82, 2.24) is 20.3 Å². The van der Waals surface area contributed by atoms with Crippen LogP contribution < -0.4 is 5.32 Å². The Balaban J connectivity index is 1.54. The van der Waals surface area contributed by atoms with Gasteiger partial charge >= 0.3 is 0 Å². The zero-order valence-corrected chi connectivity index (χ0v) is 12.4. The van der Waals surface area contributed by atoms with Crippen molar-refractivity contribution in [1.29, 1.82) is 0 Å². The molecule has 21 heavy (non-hydrogen) atoms. The highest BCUT2D eigenvalue weighted by molar-refractivity contribution is 7.10. The molecular weight excluding hydrogens is 280 g/mol. The number of nitrogens with zero attached hydrogens (tertiary/aromatic N) is 3. The van der Waals surface area contributed by atoms with Crippen LogP contribution in [0.3, 0.4) is 0 Å². The number of aromatic nitrogens is 3. The van der Waals surface area contributed by atoms with Crippen molar-refractivity contribution in [2.75, 3.05) is 6.54 Å². The fourth-order valence-electron chi connectivity index (χ4n) is 2.85. The molecule has 5 heteroatoms. The van der Waals surface area contributed by atoms with Gasteiger partial charge in [-0.1, -0.05) is 12.1 Å². The molecule has 0 radical (unpaired) electrons. The summed E-state index contributed by atoms with van der Waals surface area (Å²) in [6.45, 7) is 1.07. The average Bonchev–Trinajstić information content (AvgIpc) is 3.20. The maximum absolute atomic E-state index is 4.15. The minimum Gasteiger partial charge on any atom is -0.309 e. The topological polar surface area (TPSA) is 42.7 Å². The van der Waals surface area contributed by atoms with Crippen LogP contribution in [0, 0.1) is 0 Å². The second-order valence-electron chi connectivity index (χ2n) is 5.26. The predicted octanol–water partition coefficient (Wildman–Crippen LogP) is 2.76. The summed E-state index contributed by atoms with van der Waals surface area (Å²) in [4.78, 5) is 3.14. The largest absolute Gasteiger partial charge is 0.309 e. The highest BCUT2D eigenvalue weighted by atomic mass is 32.1. The minimum absolute atomic E-state index is 0.447. The summed E-state index contributed by atoms with van der Waals surface area (Å²) < 4.78 is 0. The van der Waals surface area contributed by atoms with Crippen LogP contribution in [-0.2, 0) is 12.8 Å². The van der Waals surface area contributed by atoms with Gasteiger partial charge in [0.25, 0.3) is 0 Å². The van der Waals surface area contributed by atoms with Gasteiger partial charge in [-0.05, 0) is 54.1 Å². The van der Waals surface area contributed by atoms with E-state index < -0.39 is 0 Å². The Labute approximate surface area is 127 Å². The third kappa shape index (κ3) is 2.50. The summed E-state index contributed by atoms with van der Waals surface area (Å²) >= 11 is 1.87. The molecule has 0 saturated heterocycles. The van der Waals surface area contributed by atoms with E-state index in [4.69, 9.17) is 0 Å². The number of rotatable bonds is 3. The van der Waals surface area contributed by atoms with Crippen LogP contribution >= 0.6 is 11.3 Å². The SMILES string of the molecule is c1cnn(-c2ccc(CC3NCCc4ccsc43)cc2)n1. The van der Waals surface area contributed by atoms with Gasteiger partial charge in [0.05, 0.1) is 18.1 Å². The molecule has 1 atom stereocenters. The number of hydrogen-bond acceptors (Lipinski definition) is 4. The van der Waals surface area contributed by atoms with Gasteiger partial charge < -0.3 is 5.32 Å². The first-order valence-corrected chi connectivity index (χ1v) is 8.03. The minimum atomic E-state index is 0.447. The number of hydrogen-bond donors (Lipinski definition) is 1. The number of fused-ring (bicyclic) bond motifs is 1. The zero-order valence-electron chi connectivity index (χ0n) is 11.6. The summed E-state index contributed by atoms with van der Waals surface area (Å²) in [5.74, 6) is 0. The van der Waals surface area contributed by atoms with Gasteiger partial charge in [-0.15, -0.1) is 11.3 Å². The Morgan fingerprint density at radius 1 is 1.14 bits per heavy atom. The average molecular weight is 296 g/mol. The van der Waals surface area contributed by atoms with Crippen LogP contribution in [0.5, 0.6) is 0 Å². The van der Waals surface area contributed by atoms with Gasteiger partial charge in [-0.25, -0.2) is 0 Å².